The van der Waals surface area contributed by atoms with Gasteiger partial charge < -0.3 is 15.7 Å². The van der Waals surface area contributed by atoms with Gasteiger partial charge >= 0.3 is 0 Å². The van der Waals surface area contributed by atoms with Gasteiger partial charge in [0.1, 0.15) is 0 Å². The molecule has 3 rings (SSSR count). The van der Waals surface area contributed by atoms with E-state index in [1.807, 2.05) is 49.4 Å². The van der Waals surface area contributed by atoms with E-state index in [9.17, 15) is 14.7 Å². The van der Waals surface area contributed by atoms with Crippen molar-refractivity contribution in [2.45, 2.75) is 57.7 Å². The van der Waals surface area contributed by atoms with Crippen LogP contribution >= 0.6 is 0 Å². The summed E-state index contributed by atoms with van der Waals surface area (Å²) in [5.41, 5.74) is 3.50. The first-order chi connectivity index (χ1) is 13.6. The Morgan fingerprint density at radius 3 is 2.64 bits per heavy atom. The highest BCUT2D eigenvalue weighted by Gasteiger charge is 2.24. The molecule has 2 aromatic carbocycles. The van der Waals surface area contributed by atoms with Crippen LogP contribution in [-0.2, 0) is 11.3 Å². The second-order valence-electron chi connectivity index (χ2n) is 7.30. The number of rotatable bonds is 6. The fraction of sp³-hybridized carbons (Fsp3) is 0.391. The summed E-state index contributed by atoms with van der Waals surface area (Å²) in [6.45, 7) is 2.28. The van der Waals surface area contributed by atoms with E-state index in [0.717, 1.165) is 42.4 Å². The normalized spacial score (nSPS) is 19.1. The van der Waals surface area contributed by atoms with E-state index in [4.69, 9.17) is 0 Å². The number of aliphatic hydroxyl groups is 1. The smallest absolute Gasteiger partial charge is 0.251 e. The summed E-state index contributed by atoms with van der Waals surface area (Å²) in [4.78, 5) is 24.3. The van der Waals surface area contributed by atoms with E-state index < -0.39 is 6.10 Å². The average molecular weight is 380 g/mol. The Morgan fingerprint density at radius 1 is 1.07 bits per heavy atom. The molecule has 28 heavy (non-hydrogen) atoms. The molecule has 0 spiro atoms. The van der Waals surface area contributed by atoms with E-state index in [2.05, 4.69) is 10.6 Å². The molecule has 2 atom stereocenters. The first kappa shape index (κ1) is 20.1. The molecule has 0 unspecified atom stereocenters. The molecule has 0 bridgehead atoms. The minimum Gasteiger partial charge on any atom is -0.391 e. The van der Waals surface area contributed by atoms with Crippen LogP contribution in [0.4, 0.5) is 0 Å². The number of nitrogens with one attached hydrogen (secondary N) is 2. The van der Waals surface area contributed by atoms with E-state index in [0.29, 0.717) is 18.5 Å². The van der Waals surface area contributed by atoms with Crippen molar-refractivity contribution in [1.29, 1.82) is 0 Å². The van der Waals surface area contributed by atoms with Crippen molar-refractivity contribution in [1.82, 2.24) is 10.6 Å². The lowest BCUT2D eigenvalue weighted by atomic mass is 9.92. The van der Waals surface area contributed by atoms with Gasteiger partial charge in [-0.15, -0.1) is 0 Å². The van der Waals surface area contributed by atoms with Gasteiger partial charge in [0.15, 0.2) is 0 Å². The molecule has 148 valence electrons. The van der Waals surface area contributed by atoms with Crippen molar-refractivity contribution in [2.24, 2.45) is 0 Å². The van der Waals surface area contributed by atoms with Crippen molar-refractivity contribution < 1.29 is 14.7 Å². The maximum absolute atomic E-state index is 12.7. The summed E-state index contributed by atoms with van der Waals surface area (Å²) in [5.74, 6) is -0.154. The zero-order valence-electron chi connectivity index (χ0n) is 16.3. The molecule has 1 aliphatic rings. The summed E-state index contributed by atoms with van der Waals surface area (Å²) in [6, 6.07) is 15.2. The van der Waals surface area contributed by atoms with Crippen molar-refractivity contribution >= 4 is 11.8 Å². The van der Waals surface area contributed by atoms with Crippen molar-refractivity contribution in [3.63, 3.8) is 0 Å². The number of carbonyl (C=O) groups is 2. The zero-order valence-corrected chi connectivity index (χ0v) is 16.3. The molecule has 0 heterocycles. The molecule has 0 aromatic heterocycles. The standard InChI is InChI=1S/C23H28N2O3/c1-2-22(27)24-15-18-8-3-4-11-19(18)16-9-7-10-17(14-16)23(28)25-20-12-5-6-13-21(20)26/h3-4,7-11,14,20-21,26H,2,5-6,12-13,15H2,1H3,(H,24,27)(H,25,28)/t20-,21-/m0/s1. The number of aliphatic hydroxyl groups excluding tert-OH is 1. The van der Waals surface area contributed by atoms with Gasteiger partial charge in [-0.2, -0.15) is 0 Å². The lowest BCUT2D eigenvalue weighted by molar-refractivity contribution is -0.120. The quantitative estimate of drug-likeness (QED) is 0.719. The predicted molar refractivity (Wildman–Crippen MR) is 110 cm³/mol. The Hall–Kier alpha value is -2.66. The molecular weight excluding hydrogens is 352 g/mol. The van der Waals surface area contributed by atoms with Crippen LogP contribution in [0.15, 0.2) is 48.5 Å². The van der Waals surface area contributed by atoms with Crippen LogP contribution in [0.3, 0.4) is 0 Å². The number of amides is 2. The van der Waals surface area contributed by atoms with Crippen LogP contribution in [0.25, 0.3) is 11.1 Å². The Kier molecular flexibility index (Phi) is 6.82. The Balaban J connectivity index is 1.78. The van der Waals surface area contributed by atoms with Crippen molar-refractivity contribution in [3.05, 3.63) is 59.7 Å². The van der Waals surface area contributed by atoms with E-state index in [-0.39, 0.29) is 17.9 Å². The van der Waals surface area contributed by atoms with Crippen LogP contribution in [-0.4, -0.2) is 29.1 Å². The van der Waals surface area contributed by atoms with Gasteiger partial charge in [-0.3, -0.25) is 9.59 Å². The van der Waals surface area contributed by atoms with Crippen molar-refractivity contribution in [2.75, 3.05) is 0 Å². The minimum absolute atomic E-state index is 0.00831. The minimum atomic E-state index is -0.469. The molecule has 2 amide bonds. The zero-order chi connectivity index (χ0) is 19.9. The first-order valence-electron chi connectivity index (χ1n) is 10.0. The summed E-state index contributed by atoms with van der Waals surface area (Å²) in [5, 5.41) is 16.0. The summed E-state index contributed by atoms with van der Waals surface area (Å²) < 4.78 is 0. The monoisotopic (exact) mass is 380 g/mol. The Bertz CT molecular complexity index is 834. The van der Waals surface area contributed by atoms with E-state index in [1.54, 1.807) is 6.07 Å². The van der Waals surface area contributed by atoms with Crippen LogP contribution in [0, 0.1) is 0 Å². The molecular formula is C23H28N2O3. The molecule has 5 heteroatoms. The number of hydrogen-bond donors (Lipinski definition) is 3. The van der Waals surface area contributed by atoms with Crippen LogP contribution in [0.5, 0.6) is 0 Å². The third-order valence-electron chi connectivity index (χ3n) is 5.30. The lowest BCUT2D eigenvalue weighted by Gasteiger charge is -2.28. The van der Waals surface area contributed by atoms with Gasteiger partial charge in [-0.1, -0.05) is 56.2 Å². The molecule has 2 aromatic rings. The Labute approximate surface area is 166 Å². The van der Waals surface area contributed by atoms with Crippen LogP contribution in [0.2, 0.25) is 0 Å². The number of carbonyl (C=O) groups excluding carboxylic acids is 2. The molecule has 0 aliphatic heterocycles. The highest BCUT2D eigenvalue weighted by molar-refractivity contribution is 5.95. The maximum atomic E-state index is 12.7. The second-order valence-corrected chi connectivity index (χ2v) is 7.30. The maximum Gasteiger partial charge on any atom is 0.251 e. The SMILES string of the molecule is CCC(=O)NCc1ccccc1-c1cccc(C(=O)N[C@H]2CCCC[C@@H]2O)c1. The van der Waals surface area contributed by atoms with Gasteiger partial charge in [-0.25, -0.2) is 0 Å². The highest BCUT2D eigenvalue weighted by Crippen LogP contribution is 2.25. The summed E-state index contributed by atoms with van der Waals surface area (Å²) in [6.07, 6.45) is 3.57. The lowest BCUT2D eigenvalue weighted by Crippen LogP contribution is -2.45. The van der Waals surface area contributed by atoms with E-state index in [1.165, 1.54) is 0 Å². The fourth-order valence-corrected chi connectivity index (χ4v) is 3.63. The number of hydrogen-bond acceptors (Lipinski definition) is 3. The van der Waals surface area contributed by atoms with Crippen molar-refractivity contribution in [3.8, 4) is 11.1 Å². The van der Waals surface area contributed by atoms with Gasteiger partial charge in [-0.05, 0) is 41.7 Å². The van der Waals surface area contributed by atoms with Crippen LogP contribution in [0.1, 0.15) is 54.9 Å². The summed E-state index contributed by atoms with van der Waals surface area (Å²) >= 11 is 0. The second kappa shape index (κ2) is 9.51. The van der Waals surface area contributed by atoms with Gasteiger partial charge in [0.25, 0.3) is 5.91 Å². The fourth-order valence-electron chi connectivity index (χ4n) is 3.63. The van der Waals surface area contributed by atoms with E-state index >= 15 is 0 Å². The largest absolute Gasteiger partial charge is 0.391 e. The Morgan fingerprint density at radius 2 is 1.86 bits per heavy atom. The molecule has 1 saturated carbocycles. The molecule has 5 nitrogen and oxygen atoms in total. The molecule has 0 saturated heterocycles. The van der Waals surface area contributed by atoms with Crippen LogP contribution < -0.4 is 10.6 Å². The summed E-state index contributed by atoms with van der Waals surface area (Å²) in [7, 11) is 0. The average Bonchev–Trinajstić information content (AvgIpc) is 2.74. The predicted octanol–water partition coefficient (Wildman–Crippen LogP) is 3.41. The van der Waals surface area contributed by atoms with Gasteiger partial charge in [0.2, 0.25) is 5.91 Å². The first-order valence-corrected chi connectivity index (χ1v) is 10.0. The topological polar surface area (TPSA) is 78.4 Å². The third-order valence-corrected chi connectivity index (χ3v) is 5.30. The molecule has 1 aliphatic carbocycles. The molecule has 0 radical (unpaired) electrons. The molecule has 3 N–H and O–H groups in total. The highest BCUT2D eigenvalue weighted by atomic mass is 16.3. The van der Waals surface area contributed by atoms with Gasteiger partial charge in [0.05, 0.1) is 12.1 Å². The van der Waals surface area contributed by atoms with Gasteiger partial charge in [0, 0.05) is 18.5 Å². The third kappa shape index (κ3) is 4.98. The number of benzene rings is 2. The molecule has 1 fully saturated rings.